The third-order valence-electron chi connectivity index (χ3n) is 4.00. The van der Waals surface area contributed by atoms with Gasteiger partial charge in [-0.05, 0) is 11.6 Å². The summed E-state index contributed by atoms with van der Waals surface area (Å²) in [6, 6.07) is 18.8. The van der Waals surface area contributed by atoms with Gasteiger partial charge in [-0.1, -0.05) is 60.3 Å². The van der Waals surface area contributed by atoms with Crippen LogP contribution in [0.3, 0.4) is 0 Å². The van der Waals surface area contributed by atoms with E-state index in [-0.39, 0.29) is 17.9 Å². The third-order valence-corrected chi connectivity index (χ3v) is 4.95. The molecule has 0 bridgehead atoms. The van der Waals surface area contributed by atoms with E-state index in [2.05, 4.69) is 15.3 Å². The van der Waals surface area contributed by atoms with E-state index in [0.717, 1.165) is 16.9 Å². The van der Waals surface area contributed by atoms with Crippen molar-refractivity contribution >= 4 is 17.7 Å². The lowest BCUT2D eigenvalue weighted by Gasteiger charge is -2.09. The number of methoxy groups -OCH3 is 1. The van der Waals surface area contributed by atoms with Crippen molar-refractivity contribution in [2.45, 2.75) is 23.9 Å². The van der Waals surface area contributed by atoms with E-state index in [1.807, 2.05) is 54.6 Å². The smallest absolute Gasteiger partial charge is 0.251 e. The number of aromatic amines is 1. The number of hydrogen-bond acceptors (Lipinski definition) is 5. The Kier molecular flexibility index (Phi) is 6.86. The van der Waals surface area contributed by atoms with E-state index in [0.29, 0.717) is 23.1 Å². The van der Waals surface area contributed by atoms with Crippen LogP contribution in [0.1, 0.15) is 16.8 Å². The fourth-order valence-corrected chi connectivity index (χ4v) is 3.49. The summed E-state index contributed by atoms with van der Waals surface area (Å²) in [6.07, 6.45) is 0.0396. The third kappa shape index (κ3) is 5.72. The van der Waals surface area contributed by atoms with Crippen molar-refractivity contribution in [3.8, 4) is 5.75 Å². The first-order valence-electron chi connectivity index (χ1n) is 8.79. The van der Waals surface area contributed by atoms with Crippen molar-refractivity contribution in [1.29, 1.82) is 0 Å². The Balaban J connectivity index is 1.59. The molecule has 1 amide bonds. The maximum Gasteiger partial charge on any atom is 0.251 e. The molecule has 0 saturated carbocycles. The number of thioether (sulfide) groups is 1. The van der Waals surface area contributed by atoms with E-state index >= 15 is 0 Å². The van der Waals surface area contributed by atoms with Crippen molar-refractivity contribution in [2.24, 2.45) is 0 Å². The van der Waals surface area contributed by atoms with Gasteiger partial charge in [-0.25, -0.2) is 4.98 Å². The van der Waals surface area contributed by atoms with Gasteiger partial charge in [0.05, 0.1) is 19.2 Å². The number of para-hydroxylation sites is 1. The summed E-state index contributed by atoms with van der Waals surface area (Å²) in [5.74, 6) is 1.20. The zero-order valence-electron chi connectivity index (χ0n) is 15.5. The second-order valence-corrected chi connectivity index (χ2v) is 7.05. The molecule has 7 heteroatoms. The minimum absolute atomic E-state index is 0.0396. The molecule has 0 aliphatic rings. The monoisotopic (exact) mass is 395 g/mol. The standard InChI is InChI=1S/C21H21N3O3S/c1-27-18-10-6-5-9-16(18)13-22-19(25)11-17-12-20(26)24-21(23-17)28-14-15-7-3-2-4-8-15/h2-10,12H,11,13-14H2,1H3,(H,22,25)(H,23,24,26). The predicted molar refractivity (Wildman–Crippen MR) is 109 cm³/mol. The average molecular weight is 395 g/mol. The number of ether oxygens (including phenoxy) is 1. The number of benzene rings is 2. The lowest BCUT2D eigenvalue weighted by atomic mass is 10.2. The second-order valence-electron chi connectivity index (χ2n) is 6.08. The van der Waals surface area contributed by atoms with Crippen LogP contribution in [0.15, 0.2) is 70.6 Å². The second kappa shape index (κ2) is 9.75. The van der Waals surface area contributed by atoms with Crippen molar-refractivity contribution in [1.82, 2.24) is 15.3 Å². The van der Waals surface area contributed by atoms with Crippen molar-refractivity contribution in [3.05, 3.63) is 87.8 Å². The summed E-state index contributed by atoms with van der Waals surface area (Å²) < 4.78 is 5.28. The van der Waals surface area contributed by atoms with Gasteiger partial charge in [0.1, 0.15) is 5.75 Å². The first-order valence-corrected chi connectivity index (χ1v) is 9.78. The van der Waals surface area contributed by atoms with E-state index in [1.54, 1.807) is 7.11 Å². The minimum Gasteiger partial charge on any atom is -0.496 e. The van der Waals surface area contributed by atoms with Gasteiger partial charge in [0.25, 0.3) is 5.56 Å². The Hall–Kier alpha value is -3.06. The molecular weight excluding hydrogens is 374 g/mol. The SMILES string of the molecule is COc1ccccc1CNC(=O)Cc1cc(=O)[nH]c(SCc2ccccc2)n1. The molecule has 0 saturated heterocycles. The number of amides is 1. The fraction of sp³-hybridized carbons (Fsp3) is 0.190. The van der Waals surface area contributed by atoms with Crippen LogP contribution in [0.25, 0.3) is 0 Å². The quantitative estimate of drug-likeness (QED) is 0.453. The van der Waals surface area contributed by atoms with Crippen LogP contribution in [0, 0.1) is 0 Å². The molecule has 0 radical (unpaired) electrons. The Morgan fingerprint density at radius 1 is 1.14 bits per heavy atom. The molecule has 0 aliphatic heterocycles. The zero-order valence-corrected chi connectivity index (χ0v) is 16.3. The molecule has 0 spiro atoms. The normalized spacial score (nSPS) is 10.5. The zero-order chi connectivity index (χ0) is 19.8. The number of hydrogen-bond donors (Lipinski definition) is 2. The molecule has 1 heterocycles. The maximum atomic E-state index is 12.3. The molecule has 144 valence electrons. The molecule has 0 unspecified atom stereocenters. The molecule has 3 aromatic rings. The van der Waals surface area contributed by atoms with Gasteiger partial charge in [-0.15, -0.1) is 0 Å². The van der Waals surface area contributed by atoms with Gasteiger partial charge in [-0.3, -0.25) is 9.59 Å². The molecule has 0 fully saturated rings. The molecule has 2 aromatic carbocycles. The number of carbonyl (C=O) groups is 1. The summed E-state index contributed by atoms with van der Waals surface area (Å²) in [7, 11) is 1.59. The lowest BCUT2D eigenvalue weighted by molar-refractivity contribution is -0.120. The Labute approximate surface area is 167 Å². The Morgan fingerprint density at radius 3 is 2.68 bits per heavy atom. The van der Waals surface area contributed by atoms with E-state index < -0.39 is 0 Å². The predicted octanol–water partition coefficient (Wildman–Crippen LogP) is 2.93. The van der Waals surface area contributed by atoms with Gasteiger partial charge in [0.15, 0.2) is 5.16 Å². The largest absolute Gasteiger partial charge is 0.496 e. The van der Waals surface area contributed by atoms with E-state index in [9.17, 15) is 9.59 Å². The van der Waals surface area contributed by atoms with Crippen molar-refractivity contribution in [2.75, 3.05) is 7.11 Å². The van der Waals surface area contributed by atoms with E-state index in [4.69, 9.17) is 4.74 Å². The summed E-state index contributed by atoms with van der Waals surface area (Å²) in [6.45, 7) is 0.349. The lowest BCUT2D eigenvalue weighted by Crippen LogP contribution is -2.26. The Bertz CT molecular complexity index is 989. The molecule has 3 rings (SSSR count). The molecule has 2 N–H and O–H groups in total. The van der Waals surface area contributed by atoms with Gasteiger partial charge in [0.2, 0.25) is 5.91 Å². The highest BCUT2D eigenvalue weighted by Gasteiger charge is 2.09. The highest BCUT2D eigenvalue weighted by Crippen LogP contribution is 2.18. The average Bonchev–Trinajstić information content (AvgIpc) is 2.71. The number of H-pyrrole nitrogens is 1. The molecule has 28 heavy (non-hydrogen) atoms. The number of rotatable bonds is 8. The van der Waals surface area contributed by atoms with Crippen LogP contribution >= 0.6 is 11.8 Å². The molecule has 0 atom stereocenters. The van der Waals surface area contributed by atoms with Crippen LogP contribution in [0.4, 0.5) is 0 Å². The van der Waals surface area contributed by atoms with Crippen LogP contribution in [-0.2, 0) is 23.5 Å². The fourth-order valence-electron chi connectivity index (χ4n) is 2.64. The highest BCUT2D eigenvalue weighted by molar-refractivity contribution is 7.98. The summed E-state index contributed by atoms with van der Waals surface area (Å²) in [5.41, 5.74) is 2.20. The van der Waals surface area contributed by atoms with Crippen LogP contribution in [0.2, 0.25) is 0 Å². The molecular formula is C21H21N3O3S. The van der Waals surface area contributed by atoms with Crippen LogP contribution in [0.5, 0.6) is 5.75 Å². The first kappa shape index (κ1) is 19.7. The topological polar surface area (TPSA) is 84.1 Å². The van der Waals surface area contributed by atoms with Crippen LogP contribution < -0.4 is 15.6 Å². The number of nitrogens with one attached hydrogen (secondary N) is 2. The van der Waals surface area contributed by atoms with Gasteiger partial charge < -0.3 is 15.0 Å². The van der Waals surface area contributed by atoms with Gasteiger partial charge >= 0.3 is 0 Å². The maximum absolute atomic E-state index is 12.3. The number of aromatic nitrogens is 2. The molecule has 0 aliphatic carbocycles. The summed E-state index contributed by atoms with van der Waals surface area (Å²) in [4.78, 5) is 31.3. The number of nitrogens with zero attached hydrogens (tertiary/aromatic N) is 1. The molecule has 6 nitrogen and oxygen atoms in total. The van der Waals surface area contributed by atoms with Crippen molar-refractivity contribution < 1.29 is 9.53 Å². The highest BCUT2D eigenvalue weighted by atomic mass is 32.2. The van der Waals surface area contributed by atoms with Crippen molar-refractivity contribution in [3.63, 3.8) is 0 Å². The van der Waals surface area contributed by atoms with Crippen LogP contribution in [-0.4, -0.2) is 23.0 Å². The first-order chi connectivity index (χ1) is 13.6. The van der Waals surface area contributed by atoms with Gasteiger partial charge in [-0.2, -0.15) is 0 Å². The summed E-state index contributed by atoms with van der Waals surface area (Å²) >= 11 is 1.43. The molecule has 1 aromatic heterocycles. The number of carbonyl (C=O) groups excluding carboxylic acids is 1. The summed E-state index contributed by atoms with van der Waals surface area (Å²) in [5, 5.41) is 3.34. The Morgan fingerprint density at radius 2 is 1.89 bits per heavy atom. The minimum atomic E-state index is -0.266. The van der Waals surface area contributed by atoms with Gasteiger partial charge in [0, 0.05) is 23.9 Å². The van der Waals surface area contributed by atoms with E-state index in [1.165, 1.54) is 17.8 Å².